The molecule has 2 saturated heterocycles. The minimum absolute atomic E-state index is 0.121. The van der Waals surface area contributed by atoms with Crippen molar-refractivity contribution in [3.8, 4) is 0 Å². The van der Waals surface area contributed by atoms with Gasteiger partial charge in [-0.15, -0.1) is 0 Å². The second-order valence-electron chi connectivity index (χ2n) is 6.93. The van der Waals surface area contributed by atoms with Crippen LogP contribution in [0.3, 0.4) is 0 Å². The maximum Gasteiger partial charge on any atom is 0.253 e. The maximum absolute atomic E-state index is 12.6. The summed E-state index contributed by atoms with van der Waals surface area (Å²) in [6.07, 6.45) is 9.10. The molecule has 2 aromatic rings. The summed E-state index contributed by atoms with van der Waals surface area (Å²) in [6, 6.07) is 4.06. The average Bonchev–Trinajstić information content (AvgIpc) is 3.17. The zero-order valence-electron chi connectivity index (χ0n) is 14.9. The first-order valence-corrected chi connectivity index (χ1v) is 9.32. The summed E-state index contributed by atoms with van der Waals surface area (Å²) >= 11 is 0. The third kappa shape index (κ3) is 3.78. The van der Waals surface area contributed by atoms with Crippen LogP contribution in [0.25, 0.3) is 0 Å². The van der Waals surface area contributed by atoms with E-state index in [2.05, 4.69) is 19.9 Å². The highest BCUT2D eigenvalue weighted by Gasteiger charge is 2.31. The standard InChI is InChI=1S/C19H25N5O2/c25-19(17-13-21-8-12-26-17)23-9-3-16(4-10-23)18-22-7-11-24(18)14-15-1-5-20-6-2-15/h1-2,5-7,11,16-17,21H,3-4,8-10,12-14H2/t17-/m0/s1. The molecule has 4 rings (SSSR count). The first-order chi connectivity index (χ1) is 12.8. The highest BCUT2D eigenvalue weighted by molar-refractivity contribution is 5.81. The van der Waals surface area contributed by atoms with E-state index < -0.39 is 0 Å². The van der Waals surface area contributed by atoms with Gasteiger partial charge in [0, 0.05) is 63.4 Å². The lowest BCUT2D eigenvalue weighted by atomic mass is 9.95. The van der Waals surface area contributed by atoms with E-state index in [1.165, 1.54) is 5.56 Å². The molecule has 138 valence electrons. The van der Waals surface area contributed by atoms with Gasteiger partial charge in [0.25, 0.3) is 5.91 Å². The van der Waals surface area contributed by atoms with Crippen molar-refractivity contribution in [2.75, 3.05) is 32.8 Å². The van der Waals surface area contributed by atoms with E-state index >= 15 is 0 Å². The number of pyridine rings is 1. The molecular formula is C19H25N5O2. The Morgan fingerprint density at radius 3 is 2.77 bits per heavy atom. The van der Waals surface area contributed by atoms with Crippen LogP contribution in [-0.2, 0) is 16.1 Å². The molecule has 2 aromatic heterocycles. The smallest absolute Gasteiger partial charge is 0.253 e. The molecule has 0 spiro atoms. The molecule has 1 atom stereocenters. The fraction of sp³-hybridized carbons (Fsp3) is 0.526. The molecule has 0 aromatic carbocycles. The van der Waals surface area contributed by atoms with Gasteiger partial charge in [0.1, 0.15) is 11.9 Å². The summed E-state index contributed by atoms with van der Waals surface area (Å²) in [5.74, 6) is 1.63. The lowest BCUT2D eigenvalue weighted by Gasteiger charge is -2.35. The third-order valence-corrected chi connectivity index (χ3v) is 5.22. The summed E-state index contributed by atoms with van der Waals surface area (Å²) in [7, 11) is 0. The third-order valence-electron chi connectivity index (χ3n) is 5.22. The zero-order chi connectivity index (χ0) is 17.8. The number of nitrogens with zero attached hydrogens (tertiary/aromatic N) is 4. The quantitative estimate of drug-likeness (QED) is 0.887. The van der Waals surface area contributed by atoms with Crippen molar-refractivity contribution in [3.05, 3.63) is 48.3 Å². The van der Waals surface area contributed by atoms with Crippen molar-refractivity contribution in [1.82, 2.24) is 24.8 Å². The molecule has 0 saturated carbocycles. The minimum Gasteiger partial charge on any atom is -0.366 e. The number of ether oxygens (including phenoxy) is 1. The summed E-state index contributed by atoms with van der Waals surface area (Å²) in [4.78, 5) is 23.2. The molecule has 0 radical (unpaired) electrons. The molecule has 7 nitrogen and oxygen atoms in total. The van der Waals surface area contributed by atoms with Crippen molar-refractivity contribution >= 4 is 5.91 Å². The number of amides is 1. The first-order valence-electron chi connectivity index (χ1n) is 9.32. The Bertz CT molecular complexity index is 719. The fourth-order valence-electron chi connectivity index (χ4n) is 3.78. The SMILES string of the molecule is O=C([C@@H]1CNCCO1)N1CCC(c2nccn2Cc2ccncc2)CC1. The van der Waals surface area contributed by atoms with Crippen LogP contribution < -0.4 is 5.32 Å². The first kappa shape index (κ1) is 17.2. The second-order valence-corrected chi connectivity index (χ2v) is 6.93. The Kier molecular flexibility index (Phi) is 5.26. The molecule has 0 unspecified atom stereocenters. The van der Waals surface area contributed by atoms with Crippen molar-refractivity contribution in [2.45, 2.75) is 31.4 Å². The number of morpholine rings is 1. The van der Waals surface area contributed by atoms with Crippen molar-refractivity contribution < 1.29 is 9.53 Å². The number of likely N-dealkylation sites (tertiary alicyclic amines) is 1. The Hall–Kier alpha value is -2.25. The van der Waals surface area contributed by atoms with Crippen LogP contribution in [-0.4, -0.2) is 64.2 Å². The Balaban J connectivity index is 1.36. The molecule has 4 heterocycles. The van der Waals surface area contributed by atoms with Gasteiger partial charge >= 0.3 is 0 Å². The van der Waals surface area contributed by atoms with Gasteiger partial charge in [0.2, 0.25) is 0 Å². The monoisotopic (exact) mass is 355 g/mol. The van der Waals surface area contributed by atoms with Crippen molar-refractivity contribution in [1.29, 1.82) is 0 Å². The number of imidazole rings is 1. The van der Waals surface area contributed by atoms with Gasteiger partial charge in [0.05, 0.1) is 6.61 Å². The summed E-state index contributed by atoms with van der Waals surface area (Å²) in [6.45, 7) is 4.40. The predicted molar refractivity (Wildman–Crippen MR) is 96.7 cm³/mol. The van der Waals surface area contributed by atoms with Gasteiger partial charge < -0.3 is 19.5 Å². The molecule has 1 amide bonds. The Morgan fingerprint density at radius 2 is 2.04 bits per heavy atom. The number of carbonyl (C=O) groups is 1. The molecule has 2 fully saturated rings. The summed E-state index contributed by atoms with van der Waals surface area (Å²) < 4.78 is 7.82. The molecule has 7 heteroatoms. The van der Waals surface area contributed by atoms with E-state index in [1.807, 2.05) is 41.8 Å². The van der Waals surface area contributed by atoms with E-state index in [0.717, 1.165) is 44.8 Å². The van der Waals surface area contributed by atoms with E-state index in [9.17, 15) is 4.79 Å². The van der Waals surface area contributed by atoms with Gasteiger partial charge in [-0.05, 0) is 30.5 Å². The van der Waals surface area contributed by atoms with Crippen LogP contribution >= 0.6 is 0 Å². The molecule has 0 aliphatic carbocycles. The van der Waals surface area contributed by atoms with Crippen LogP contribution in [0.5, 0.6) is 0 Å². The van der Waals surface area contributed by atoms with E-state index in [-0.39, 0.29) is 12.0 Å². The molecule has 1 N–H and O–H groups in total. The Morgan fingerprint density at radius 1 is 1.23 bits per heavy atom. The van der Waals surface area contributed by atoms with Crippen LogP contribution in [0.2, 0.25) is 0 Å². The van der Waals surface area contributed by atoms with Crippen LogP contribution in [0, 0.1) is 0 Å². The minimum atomic E-state index is -0.325. The maximum atomic E-state index is 12.6. The largest absolute Gasteiger partial charge is 0.366 e. The van der Waals surface area contributed by atoms with Gasteiger partial charge in [-0.25, -0.2) is 4.98 Å². The number of hydrogen-bond acceptors (Lipinski definition) is 5. The van der Waals surface area contributed by atoms with E-state index in [0.29, 0.717) is 19.1 Å². The van der Waals surface area contributed by atoms with Crippen molar-refractivity contribution in [2.24, 2.45) is 0 Å². The normalized spacial score (nSPS) is 21.7. The van der Waals surface area contributed by atoms with Crippen LogP contribution in [0.1, 0.15) is 30.1 Å². The van der Waals surface area contributed by atoms with E-state index in [1.54, 1.807) is 0 Å². The lowest BCUT2D eigenvalue weighted by molar-refractivity contribution is -0.146. The zero-order valence-corrected chi connectivity index (χ0v) is 14.9. The van der Waals surface area contributed by atoms with Crippen LogP contribution in [0.4, 0.5) is 0 Å². The lowest BCUT2D eigenvalue weighted by Crippen LogP contribution is -2.51. The van der Waals surface area contributed by atoms with Crippen LogP contribution in [0.15, 0.2) is 36.9 Å². The number of hydrogen-bond donors (Lipinski definition) is 1. The topological polar surface area (TPSA) is 72.3 Å². The van der Waals surface area contributed by atoms with E-state index in [4.69, 9.17) is 4.74 Å². The molecule has 2 aliphatic heterocycles. The number of piperidine rings is 1. The van der Waals surface area contributed by atoms with Crippen molar-refractivity contribution in [3.63, 3.8) is 0 Å². The summed E-state index contributed by atoms with van der Waals surface area (Å²) in [5.41, 5.74) is 1.22. The molecule has 26 heavy (non-hydrogen) atoms. The number of carbonyl (C=O) groups excluding carboxylic acids is 1. The highest BCUT2D eigenvalue weighted by Crippen LogP contribution is 2.28. The predicted octanol–water partition coefficient (Wildman–Crippen LogP) is 1.02. The average molecular weight is 355 g/mol. The van der Waals surface area contributed by atoms with Gasteiger partial charge in [-0.2, -0.15) is 0 Å². The Labute approximate surface area is 153 Å². The number of aromatic nitrogens is 3. The number of nitrogens with one attached hydrogen (secondary N) is 1. The van der Waals surface area contributed by atoms with Gasteiger partial charge in [-0.1, -0.05) is 0 Å². The number of rotatable bonds is 4. The molecule has 0 bridgehead atoms. The molecular weight excluding hydrogens is 330 g/mol. The fourth-order valence-corrected chi connectivity index (χ4v) is 3.78. The molecule has 2 aliphatic rings. The highest BCUT2D eigenvalue weighted by atomic mass is 16.5. The second kappa shape index (κ2) is 7.97. The summed E-state index contributed by atoms with van der Waals surface area (Å²) in [5, 5.41) is 3.23. The van der Waals surface area contributed by atoms with Gasteiger partial charge in [0.15, 0.2) is 0 Å². The van der Waals surface area contributed by atoms with Gasteiger partial charge in [-0.3, -0.25) is 9.78 Å².